The van der Waals surface area contributed by atoms with Crippen LogP contribution in [0.15, 0.2) is 12.1 Å². The minimum atomic E-state index is -0.481. The molecule has 0 aliphatic heterocycles. The van der Waals surface area contributed by atoms with Gasteiger partial charge in [0.1, 0.15) is 5.82 Å². The predicted molar refractivity (Wildman–Crippen MR) is 59.4 cm³/mol. The van der Waals surface area contributed by atoms with Crippen molar-refractivity contribution in [1.82, 2.24) is 0 Å². The summed E-state index contributed by atoms with van der Waals surface area (Å²) in [5.74, 6) is -0.647. The molecule has 0 fully saturated rings. The zero-order chi connectivity index (χ0) is 12.1. The van der Waals surface area contributed by atoms with E-state index in [1.165, 1.54) is 6.07 Å². The molecule has 3 nitrogen and oxygen atoms in total. The lowest BCUT2D eigenvalue weighted by Gasteiger charge is -2.09. The number of hydrogen-bond acceptors (Lipinski definition) is 2. The molecular formula is C12H13FN2O. The number of hydrogen-bond donors (Lipinski definition) is 1. The van der Waals surface area contributed by atoms with Crippen molar-refractivity contribution in [3.8, 4) is 6.07 Å². The van der Waals surface area contributed by atoms with Gasteiger partial charge in [0.2, 0.25) is 5.91 Å². The summed E-state index contributed by atoms with van der Waals surface area (Å²) in [6.07, 6.45) is 1.11. The van der Waals surface area contributed by atoms with Crippen LogP contribution in [0.25, 0.3) is 0 Å². The van der Waals surface area contributed by atoms with Crippen molar-refractivity contribution in [1.29, 1.82) is 5.26 Å². The van der Waals surface area contributed by atoms with Gasteiger partial charge in [0.05, 0.1) is 11.6 Å². The van der Waals surface area contributed by atoms with Crippen LogP contribution in [0, 0.1) is 24.1 Å². The number of benzene rings is 1. The van der Waals surface area contributed by atoms with Crippen molar-refractivity contribution in [2.24, 2.45) is 0 Å². The molecule has 0 heterocycles. The number of carbonyl (C=O) groups is 1. The summed E-state index contributed by atoms with van der Waals surface area (Å²) in [5, 5.41) is 11.3. The standard InChI is InChI=1S/C12H13FN2O/c1-3-4-12(16)15-11-6-9(7-14)5-10(13)8(11)2/h5-6H,3-4H2,1-2H3,(H,15,16). The molecule has 1 N–H and O–H groups in total. The van der Waals surface area contributed by atoms with Crippen molar-refractivity contribution >= 4 is 11.6 Å². The maximum atomic E-state index is 13.4. The van der Waals surface area contributed by atoms with Crippen molar-refractivity contribution < 1.29 is 9.18 Å². The van der Waals surface area contributed by atoms with Gasteiger partial charge in [-0.3, -0.25) is 4.79 Å². The second kappa shape index (κ2) is 5.26. The number of nitrogens with one attached hydrogen (secondary N) is 1. The number of anilines is 1. The van der Waals surface area contributed by atoms with Crippen LogP contribution in [0.1, 0.15) is 30.9 Å². The summed E-state index contributed by atoms with van der Waals surface area (Å²) in [6, 6.07) is 4.49. The first-order valence-electron chi connectivity index (χ1n) is 5.08. The lowest BCUT2D eigenvalue weighted by atomic mass is 10.1. The molecule has 0 aliphatic rings. The first-order valence-corrected chi connectivity index (χ1v) is 5.08. The average Bonchev–Trinajstić information content (AvgIpc) is 2.24. The average molecular weight is 220 g/mol. The third kappa shape index (κ3) is 2.80. The van der Waals surface area contributed by atoms with Crippen LogP contribution in [0.3, 0.4) is 0 Å². The molecular weight excluding hydrogens is 207 g/mol. The Labute approximate surface area is 93.9 Å². The maximum Gasteiger partial charge on any atom is 0.224 e. The lowest BCUT2D eigenvalue weighted by Crippen LogP contribution is -2.12. The summed E-state index contributed by atoms with van der Waals surface area (Å²) >= 11 is 0. The fourth-order valence-electron chi connectivity index (χ4n) is 1.31. The van der Waals surface area contributed by atoms with Crippen LogP contribution in [0.5, 0.6) is 0 Å². The largest absolute Gasteiger partial charge is 0.326 e. The molecule has 0 bridgehead atoms. The number of nitriles is 1. The molecule has 0 unspecified atom stereocenters. The molecule has 84 valence electrons. The van der Waals surface area contributed by atoms with E-state index in [-0.39, 0.29) is 11.5 Å². The number of carbonyl (C=O) groups excluding carboxylic acids is 1. The van der Waals surface area contributed by atoms with Crippen molar-refractivity contribution in [2.75, 3.05) is 5.32 Å². The van der Waals surface area contributed by atoms with Crippen LogP contribution in [0.4, 0.5) is 10.1 Å². The molecule has 1 amide bonds. The van der Waals surface area contributed by atoms with E-state index in [0.717, 1.165) is 12.5 Å². The summed E-state index contributed by atoms with van der Waals surface area (Å²) in [4.78, 5) is 11.4. The number of halogens is 1. The highest BCUT2D eigenvalue weighted by Crippen LogP contribution is 2.20. The van der Waals surface area contributed by atoms with E-state index in [4.69, 9.17) is 5.26 Å². The normalized spacial score (nSPS) is 9.62. The minimum absolute atomic E-state index is 0.167. The van der Waals surface area contributed by atoms with Crippen LogP contribution >= 0.6 is 0 Å². The van der Waals surface area contributed by atoms with E-state index in [9.17, 15) is 9.18 Å². The molecule has 0 aromatic heterocycles. The molecule has 0 spiro atoms. The topological polar surface area (TPSA) is 52.9 Å². The zero-order valence-electron chi connectivity index (χ0n) is 9.30. The summed E-state index contributed by atoms with van der Waals surface area (Å²) in [7, 11) is 0. The van der Waals surface area contributed by atoms with Gasteiger partial charge in [0.15, 0.2) is 0 Å². The van der Waals surface area contributed by atoms with Gasteiger partial charge in [-0.05, 0) is 25.5 Å². The second-order valence-corrected chi connectivity index (χ2v) is 3.54. The molecule has 16 heavy (non-hydrogen) atoms. The summed E-state index contributed by atoms with van der Waals surface area (Å²) in [5.41, 5.74) is 0.924. The first-order chi connectivity index (χ1) is 7.58. The van der Waals surface area contributed by atoms with Crippen LogP contribution in [-0.4, -0.2) is 5.91 Å². The molecule has 0 saturated heterocycles. The van der Waals surface area contributed by atoms with Gasteiger partial charge in [-0.25, -0.2) is 4.39 Å². The fourth-order valence-corrected chi connectivity index (χ4v) is 1.31. The highest BCUT2D eigenvalue weighted by Gasteiger charge is 2.09. The Morgan fingerprint density at radius 3 is 2.81 bits per heavy atom. The third-order valence-corrected chi connectivity index (χ3v) is 2.22. The Hall–Kier alpha value is -1.89. The maximum absolute atomic E-state index is 13.4. The first kappa shape index (κ1) is 12.2. The van der Waals surface area contributed by atoms with Gasteiger partial charge >= 0.3 is 0 Å². The van der Waals surface area contributed by atoms with Crippen molar-refractivity contribution in [2.45, 2.75) is 26.7 Å². The van der Waals surface area contributed by atoms with Crippen LogP contribution in [-0.2, 0) is 4.79 Å². The van der Waals surface area contributed by atoms with Gasteiger partial charge in [-0.1, -0.05) is 6.92 Å². The number of rotatable bonds is 3. The Morgan fingerprint density at radius 2 is 2.25 bits per heavy atom. The number of nitrogens with zero attached hydrogens (tertiary/aromatic N) is 1. The Morgan fingerprint density at radius 1 is 1.56 bits per heavy atom. The zero-order valence-corrected chi connectivity index (χ0v) is 9.30. The Balaban J connectivity index is 3.00. The fraction of sp³-hybridized carbons (Fsp3) is 0.333. The van der Waals surface area contributed by atoms with Gasteiger partial charge in [-0.2, -0.15) is 5.26 Å². The molecule has 0 atom stereocenters. The molecule has 0 saturated carbocycles. The molecule has 0 aliphatic carbocycles. The summed E-state index contributed by atoms with van der Waals surface area (Å²) < 4.78 is 13.4. The quantitative estimate of drug-likeness (QED) is 0.851. The third-order valence-electron chi connectivity index (χ3n) is 2.22. The van der Waals surface area contributed by atoms with Gasteiger partial charge in [0.25, 0.3) is 0 Å². The highest BCUT2D eigenvalue weighted by atomic mass is 19.1. The second-order valence-electron chi connectivity index (χ2n) is 3.54. The molecule has 1 aromatic carbocycles. The molecule has 4 heteroatoms. The molecule has 0 radical (unpaired) electrons. The van der Waals surface area contributed by atoms with Gasteiger partial charge in [0, 0.05) is 17.7 Å². The smallest absolute Gasteiger partial charge is 0.224 e. The Bertz CT molecular complexity index is 449. The van der Waals surface area contributed by atoms with E-state index in [1.54, 1.807) is 6.92 Å². The van der Waals surface area contributed by atoms with E-state index in [0.29, 0.717) is 17.7 Å². The van der Waals surface area contributed by atoms with Crippen molar-refractivity contribution in [3.63, 3.8) is 0 Å². The van der Waals surface area contributed by atoms with Gasteiger partial charge in [-0.15, -0.1) is 0 Å². The van der Waals surface area contributed by atoms with E-state index in [1.807, 2.05) is 13.0 Å². The SMILES string of the molecule is CCCC(=O)Nc1cc(C#N)cc(F)c1C. The monoisotopic (exact) mass is 220 g/mol. The van der Waals surface area contributed by atoms with E-state index < -0.39 is 5.82 Å². The van der Waals surface area contributed by atoms with Crippen molar-refractivity contribution in [3.05, 3.63) is 29.1 Å². The summed E-state index contributed by atoms with van der Waals surface area (Å²) in [6.45, 7) is 3.46. The van der Waals surface area contributed by atoms with Crippen LogP contribution in [0.2, 0.25) is 0 Å². The van der Waals surface area contributed by atoms with Crippen LogP contribution < -0.4 is 5.32 Å². The highest BCUT2D eigenvalue weighted by molar-refractivity contribution is 5.91. The molecule has 1 aromatic rings. The van der Waals surface area contributed by atoms with E-state index >= 15 is 0 Å². The number of amides is 1. The van der Waals surface area contributed by atoms with E-state index in [2.05, 4.69) is 5.32 Å². The predicted octanol–water partition coefficient (Wildman–Crippen LogP) is 2.74. The molecule has 1 rings (SSSR count). The lowest BCUT2D eigenvalue weighted by molar-refractivity contribution is -0.116. The Kier molecular flexibility index (Phi) is 4.01. The van der Waals surface area contributed by atoms with Gasteiger partial charge < -0.3 is 5.32 Å². The minimum Gasteiger partial charge on any atom is -0.326 e.